The number of aromatic nitrogens is 1. The molecule has 1 aromatic carbocycles. The van der Waals surface area contributed by atoms with Crippen LogP contribution in [0.5, 0.6) is 0 Å². The number of aliphatic hydroxyl groups is 1. The Morgan fingerprint density at radius 2 is 1.70 bits per heavy atom. The molecule has 0 radical (unpaired) electrons. The van der Waals surface area contributed by atoms with Crippen molar-refractivity contribution in [3.63, 3.8) is 0 Å². The molecule has 2 aromatic rings. The van der Waals surface area contributed by atoms with Crippen LogP contribution in [0, 0.1) is 5.82 Å². The molecule has 0 aliphatic rings. The third kappa shape index (κ3) is 4.14. The van der Waals surface area contributed by atoms with Crippen LogP contribution < -0.4 is 0 Å². The lowest BCUT2D eigenvalue weighted by atomic mass is 9.91. The summed E-state index contributed by atoms with van der Waals surface area (Å²) < 4.78 is 12.9. The predicted octanol–water partition coefficient (Wildman–Crippen LogP) is 3.32. The van der Waals surface area contributed by atoms with Crippen molar-refractivity contribution < 1.29 is 9.50 Å². The lowest BCUT2D eigenvalue weighted by molar-refractivity contribution is 0.0598. The SMILES string of the molecule is CCc1ccc(CC(C)(O)Cc2ccc(F)cc2)nc1. The second-order valence-corrected chi connectivity index (χ2v) is 5.49. The molecule has 1 atom stereocenters. The molecule has 0 spiro atoms. The van der Waals surface area contributed by atoms with Crippen molar-refractivity contribution in [3.8, 4) is 0 Å². The molecule has 0 aliphatic heterocycles. The van der Waals surface area contributed by atoms with Crippen molar-refractivity contribution >= 4 is 0 Å². The molecule has 0 amide bonds. The van der Waals surface area contributed by atoms with Crippen molar-refractivity contribution in [2.24, 2.45) is 0 Å². The van der Waals surface area contributed by atoms with Gasteiger partial charge in [-0.2, -0.15) is 0 Å². The number of rotatable bonds is 5. The topological polar surface area (TPSA) is 33.1 Å². The number of nitrogens with zero attached hydrogens (tertiary/aromatic N) is 1. The molecule has 1 aromatic heterocycles. The molecule has 3 heteroatoms. The quantitative estimate of drug-likeness (QED) is 0.906. The van der Waals surface area contributed by atoms with E-state index in [0.29, 0.717) is 12.8 Å². The van der Waals surface area contributed by atoms with Gasteiger partial charge in [-0.1, -0.05) is 25.1 Å². The molecule has 0 saturated heterocycles. The van der Waals surface area contributed by atoms with Gasteiger partial charge in [0.1, 0.15) is 5.82 Å². The number of hydrogen-bond acceptors (Lipinski definition) is 2. The van der Waals surface area contributed by atoms with Gasteiger partial charge in [0.25, 0.3) is 0 Å². The number of hydrogen-bond donors (Lipinski definition) is 1. The van der Waals surface area contributed by atoms with Gasteiger partial charge in [-0.25, -0.2) is 4.39 Å². The van der Waals surface area contributed by atoms with E-state index < -0.39 is 5.60 Å². The van der Waals surface area contributed by atoms with Crippen LogP contribution in [0.3, 0.4) is 0 Å². The third-order valence-electron chi connectivity index (χ3n) is 3.35. The second kappa shape index (κ2) is 6.14. The normalized spacial score (nSPS) is 14.0. The molecule has 0 bridgehead atoms. The van der Waals surface area contributed by atoms with Crippen LogP contribution in [-0.2, 0) is 19.3 Å². The van der Waals surface area contributed by atoms with Crippen LogP contribution in [0.1, 0.15) is 30.7 Å². The van der Waals surface area contributed by atoms with Gasteiger partial charge in [0.2, 0.25) is 0 Å². The molecule has 1 N–H and O–H groups in total. The molecule has 20 heavy (non-hydrogen) atoms. The van der Waals surface area contributed by atoms with Gasteiger partial charge in [-0.15, -0.1) is 0 Å². The summed E-state index contributed by atoms with van der Waals surface area (Å²) in [6.07, 6.45) is 3.77. The highest BCUT2D eigenvalue weighted by molar-refractivity contribution is 5.20. The van der Waals surface area contributed by atoms with E-state index in [4.69, 9.17) is 0 Å². The first-order chi connectivity index (χ1) is 9.48. The smallest absolute Gasteiger partial charge is 0.123 e. The molecule has 2 nitrogen and oxygen atoms in total. The van der Waals surface area contributed by atoms with Gasteiger partial charge < -0.3 is 5.11 Å². The van der Waals surface area contributed by atoms with Crippen LogP contribution in [0.25, 0.3) is 0 Å². The van der Waals surface area contributed by atoms with Gasteiger partial charge in [-0.3, -0.25) is 4.98 Å². The molecule has 1 heterocycles. The molecular formula is C17H20FNO. The Morgan fingerprint density at radius 1 is 1.05 bits per heavy atom. The Morgan fingerprint density at radius 3 is 2.25 bits per heavy atom. The first-order valence-electron chi connectivity index (χ1n) is 6.89. The molecule has 1 unspecified atom stereocenters. The Hall–Kier alpha value is -1.74. The van der Waals surface area contributed by atoms with Crippen molar-refractivity contribution in [2.75, 3.05) is 0 Å². The maximum atomic E-state index is 12.9. The summed E-state index contributed by atoms with van der Waals surface area (Å²) in [4.78, 5) is 4.37. The van der Waals surface area contributed by atoms with Crippen molar-refractivity contribution in [2.45, 2.75) is 38.7 Å². The summed E-state index contributed by atoms with van der Waals surface area (Å²) in [5.41, 5.74) is 2.08. The first kappa shape index (κ1) is 14.7. The summed E-state index contributed by atoms with van der Waals surface area (Å²) in [7, 11) is 0. The van der Waals surface area contributed by atoms with Gasteiger partial charge in [-0.05, 0) is 42.7 Å². The van der Waals surface area contributed by atoms with E-state index in [1.54, 1.807) is 19.1 Å². The minimum atomic E-state index is -0.890. The largest absolute Gasteiger partial charge is 0.389 e. The number of benzene rings is 1. The van der Waals surface area contributed by atoms with Crippen molar-refractivity contribution in [1.29, 1.82) is 0 Å². The van der Waals surface area contributed by atoms with E-state index in [9.17, 15) is 9.50 Å². The summed E-state index contributed by atoms with van der Waals surface area (Å²) in [6.45, 7) is 3.87. The molecule has 0 saturated carbocycles. The van der Waals surface area contributed by atoms with Gasteiger partial charge in [0, 0.05) is 24.7 Å². The number of aryl methyl sites for hydroxylation is 1. The van der Waals surface area contributed by atoms with Crippen molar-refractivity contribution in [1.82, 2.24) is 4.98 Å². The molecular weight excluding hydrogens is 253 g/mol. The highest BCUT2D eigenvalue weighted by Crippen LogP contribution is 2.18. The van der Waals surface area contributed by atoms with E-state index in [1.807, 2.05) is 18.3 Å². The van der Waals surface area contributed by atoms with E-state index in [-0.39, 0.29) is 5.82 Å². The summed E-state index contributed by atoms with van der Waals surface area (Å²) in [5, 5.41) is 10.5. The average Bonchev–Trinajstić information content (AvgIpc) is 2.41. The Bertz CT molecular complexity index is 546. The fraction of sp³-hybridized carbons (Fsp3) is 0.353. The molecule has 0 aliphatic carbocycles. The minimum absolute atomic E-state index is 0.259. The van der Waals surface area contributed by atoms with Crippen LogP contribution in [0.2, 0.25) is 0 Å². The predicted molar refractivity (Wildman–Crippen MR) is 78.0 cm³/mol. The highest BCUT2D eigenvalue weighted by Gasteiger charge is 2.22. The standard InChI is InChI=1S/C17H20FNO/c1-3-13-6-9-16(19-12-13)11-17(2,20)10-14-4-7-15(18)8-5-14/h4-9,12,20H,3,10-11H2,1-2H3. The summed E-state index contributed by atoms with van der Waals surface area (Å²) in [6, 6.07) is 10.2. The lowest BCUT2D eigenvalue weighted by Crippen LogP contribution is -2.30. The Balaban J connectivity index is 2.03. The fourth-order valence-electron chi connectivity index (χ4n) is 2.26. The van der Waals surface area contributed by atoms with Crippen LogP contribution in [-0.4, -0.2) is 15.7 Å². The minimum Gasteiger partial charge on any atom is -0.389 e. The third-order valence-corrected chi connectivity index (χ3v) is 3.35. The lowest BCUT2D eigenvalue weighted by Gasteiger charge is -2.23. The number of pyridine rings is 1. The second-order valence-electron chi connectivity index (χ2n) is 5.49. The summed E-state index contributed by atoms with van der Waals surface area (Å²) >= 11 is 0. The van der Waals surface area contributed by atoms with E-state index in [2.05, 4.69) is 11.9 Å². The monoisotopic (exact) mass is 273 g/mol. The van der Waals surface area contributed by atoms with Crippen molar-refractivity contribution in [3.05, 3.63) is 65.2 Å². The zero-order chi connectivity index (χ0) is 14.6. The molecule has 0 fully saturated rings. The van der Waals surface area contributed by atoms with Crippen LogP contribution >= 0.6 is 0 Å². The van der Waals surface area contributed by atoms with Crippen LogP contribution in [0.4, 0.5) is 4.39 Å². The zero-order valence-corrected chi connectivity index (χ0v) is 11.9. The van der Waals surface area contributed by atoms with Gasteiger partial charge in [0.05, 0.1) is 5.60 Å². The molecule has 106 valence electrons. The fourth-order valence-corrected chi connectivity index (χ4v) is 2.26. The average molecular weight is 273 g/mol. The van der Waals surface area contributed by atoms with E-state index in [0.717, 1.165) is 17.7 Å². The molecule has 2 rings (SSSR count). The first-order valence-corrected chi connectivity index (χ1v) is 6.89. The Labute approximate surface area is 119 Å². The van der Waals surface area contributed by atoms with E-state index >= 15 is 0 Å². The summed E-state index contributed by atoms with van der Waals surface area (Å²) in [5.74, 6) is -0.259. The highest BCUT2D eigenvalue weighted by atomic mass is 19.1. The Kier molecular flexibility index (Phi) is 4.50. The van der Waals surface area contributed by atoms with Gasteiger partial charge >= 0.3 is 0 Å². The zero-order valence-electron chi connectivity index (χ0n) is 11.9. The number of halogens is 1. The maximum Gasteiger partial charge on any atom is 0.123 e. The van der Waals surface area contributed by atoms with Gasteiger partial charge in [0.15, 0.2) is 0 Å². The van der Waals surface area contributed by atoms with Crippen LogP contribution in [0.15, 0.2) is 42.6 Å². The maximum absolute atomic E-state index is 12.9. The van der Waals surface area contributed by atoms with E-state index in [1.165, 1.54) is 17.7 Å².